The van der Waals surface area contributed by atoms with Crippen LogP contribution >= 0.6 is 0 Å². The summed E-state index contributed by atoms with van der Waals surface area (Å²) in [6, 6.07) is 19.6. The topological polar surface area (TPSA) is 70.9 Å². The number of carbonyl (C=O) groups excluding carboxylic acids is 1. The molecule has 5 nitrogen and oxygen atoms in total. The predicted molar refractivity (Wildman–Crippen MR) is 110 cm³/mol. The van der Waals surface area contributed by atoms with E-state index in [1.807, 2.05) is 62.4 Å². The second-order valence-corrected chi connectivity index (χ2v) is 7.76. The molecule has 2 atom stereocenters. The molecule has 5 heteroatoms. The summed E-state index contributed by atoms with van der Waals surface area (Å²) in [5, 5.41) is 12.6. The molecule has 0 aliphatic carbocycles. The molecule has 0 fully saturated rings. The van der Waals surface area contributed by atoms with Crippen molar-refractivity contribution in [1.82, 2.24) is 5.32 Å². The molecule has 0 radical (unpaired) electrons. The van der Waals surface area contributed by atoms with Gasteiger partial charge in [0.2, 0.25) is 5.91 Å². The molecule has 28 heavy (non-hydrogen) atoms. The number of aliphatic hydroxyl groups is 1. The van der Waals surface area contributed by atoms with E-state index in [9.17, 15) is 9.90 Å². The van der Waals surface area contributed by atoms with Crippen LogP contribution in [-0.4, -0.2) is 42.2 Å². The smallest absolute Gasteiger partial charge is 0.235 e. The number of rotatable bonds is 8. The van der Waals surface area contributed by atoms with Crippen molar-refractivity contribution in [3.63, 3.8) is 0 Å². The van der Waals surface area contributed by atoms with Gasteiger partial charge in [-0.3, -0.25) is 4.79 Å². The fourth-order valence-electron chi connectivity index (χ4n) is 3.27. The highest BCUT2D eigenvalue weighted by atomic mass is 16.5. The molecule has 1 aliphatic heterocycles. The lowest BCUT2D eigenvalue weighted by molar-refractivity contribution is -0.127. The zero-order valence-electron chi connectivity index (χ0n) is 16.5. The lowest BCUT2D eigenvalue weighted by Gasteiger charge is -2.26. The summed E-state index contributed by atoms with van der Waals surface area (Å²) in [7, 11) is 0. The first kappa shape index (κ1) is 20.1. The van der Waals surface area contributed by atoms with Gasteiger partial charge in [0.05, 0.1) is 18.7 Å². The maximum Gasteiger partial charge on any atom is 0.235 e. The Balaban J connectivity index is 1.62. The second kappa shape index (κ2) is 9.02. The highest BCUT2D eigenvalue weighted by molar-refractivity contribution is 6.04. The zero-order chi connectivity index (χ0) is 20.0. The maximum atomic E-state index is 12.9. The Bertz CT molecular complexity index is 803. The first-order valence-electron chi connectivity index (χ1n) is 9.70. The molecule has 2 aromatic rings. The largest absolute Gasteiger partial charge is 0.478 e. The molecule has 1 amide bonds. The number of hydrogen-bond donors (Lipinski definition) is 2. The van der Waals surface area contributed by atoms with Gasteiger partial charge in [0.15, 0.2) is 5.90 Å². The van der Waals surface area contributed by atoms with Crippen LogP contribution in [0.3, 0.4) is 0 Å². The molecule has 0 saturated heterocycles. The minimum absolute atomic E-state index is 0.0161. The highest BCUT2D eigenvalue weighted by Gasteiger charge is 2.39. The van der Waals surface area contributed by atoms with E-state index < -0.39 is 5.41 Å². The van der Waals surface area contributed by atoms with Gasteiger partial charge in [0.25, 0.3) is 0 Å². The van der Waals surface area contributed by atoms with Gasteiger partial charge < -0.3 is 15.2 Å². The Kier molecular flexibility index (Phi) is 6.47. The number of ether oxygens (including phenoxy) is 1. The van der Waals surface area contributed by atoms with Gasteiger partial charge in [0, 0.05) is 0 Å². The van der Waals surface area contributed by atoms with Gasteiger partial charge in [-0.15, -0.1) is 0 Å². The van der Waals surface area contributed by atoms with Crippen molar-refractivity contribution in [1.29, 1.82) is 0 Å². The number of carbonyl (C=O) groups is 1. The fraction of sp³-hybridized carbons (Fsp3) is 0.391. The maximum absolute atomic E-state index is 12.9. The number of aliphatic imine (C=N–C) groups is 1. The van der Waals surface area contributed by atoms with Gasteiger partial charge in [-0.05, 0) is 37.8 Å². The van der Waals surface area contributed by atoms with Crippen LogP contribution in [0.4, 0.5) is 0 Å². The number of nitrogens with one attached hydrogen (secondary N) is 1. The van der Waals surface area contributed by atoms with Crippen LogP contribution in [0.1, 0.15) is 25.0 Å². The Labute approximate surface area is 166 Å². The van der Waals surface area contributed by atoms with Gasteiger partial charge in [-0.1, -0.05) is 60.7 Å². The van der Waals surface area contributed by atoms with E-state index in [4.69, 9.17) is 4.74 Å². The number of aliphatic hydroxyl groups excluding tert-OH is 1. The van der Waals surface area contributed by atoms with E-state index in [1.165, 1.54) is 5.56 Å². The normalized spacial score (nSPS) is 17.5. The van der Waals surface area contributed by atoms with Crippen molar-refractivity contribution in [3.8, 4) is 0 Å². The monoisotopic (exact) mass is 380 g/mol. The summed E-state index contributed by atoms with van der Waals surface area (Å²) < 4.78 is 5.78. The van der Waals surface area contributed by atoms with Crippen LogP contribution in [-0.2, 0) is 22.4 Å². The number of benzene rings is 2. The van der Waals surface area contributed by atoms with Gasteiger partial charge in [-0.2, -0.15) is 0 Å². The second-order valence-electron chi connectivity index (χ2n) is 7.76. The minimum Gasteiger partial charge on any atom is -0.478 e. The summed E-state index contributed by atoms with van der Waals surface area (Å²) in [6.45, 7) is 3.97. The molecule has 148 valence electrons. The van der Waals surface area contributed by atoms with E-state index in [1.54, 1.807) is 0 Å². The molecule has 2 aromatic carbocycles. The van der Waals surface area contributed by atoms with Crippen LogP contribution in [0.15, 0.2) is 65.7 Å². The van der Waals surface area contributed by atoms with Crippen LogP contribution in [0.25, 0.3) is 0 Å². The van der Waals surface area contributed by atoms with E-state index in [-0.39, 0.29) is 24.6 Å². The van der Waals surface area contributed by atoms with E-state index >= 15 is 0 Å². The van der Waals surface area contributed by atoms with E-state index in [2.05, 4.69) is 22.4 Å². The zero-order valence-corrected chi connectivity index (χ0v) is 16.5. The van der Waals surface area contributed by atoms with Crippen LogP contribution in [0.5, 0.6) is 0 Å². The molecule has 2 N–H and O–H groups in total. The van der Waals surface area contributed by atoms with E-state index in [0.717, 1.165) is 12.0 Å². The third kappa shape index (κ3) is 4.98. The average molecular weight is 380 g/mol. The lowest BCUT2D eigenvalue weighted by atomic mass is 9.91. The SMILES string of the molecule is CC(C)(C(=O)N[C@@H](CO)Cc1ccccc1)C1=N[C@H](Cc2ccccc2)CO1. The van der Waals surface area contributed by atoms with Crippen molar-refractivity contribution in [2.24, 2.45) is 10.4 Å². The lowest BCUT2D eigenvalue weighted by Crippen LogP contribution is -2.48. The number of hydrogen-bond acceptors (Lipinski definition) is 4. The first-order chi connectivity index (χ1) is 13.5. The Morgan fingerprint density at radius 1 is 1.14 bits per heavy atom. The Hall–Kier alpha value is -2.66. The van der Waals surface area contributed by atoms with Crippen molar-refractivity contribution in [3.05, 3.63) is 71.8 Å². The van der Waals surface area contributed by atoms with Crippen LogP contribution in [0, 0.1) is 5.41 Å². The Morgan fingerprint density at radius 2 is 1.75 bits per heavy atom. The van der Waals surface area contributed by atoms with Crippen molar-refractivity contribution in [2.75, 3.05) is 13.2 Å². The third-order valence-corrected chi connectivity index (χ3v) is 5.01. The quantitative estimate of drug-likeness (QED) is 0.740. The van der Waals surface area contributed by atoms with Crippen LogP contribution in [0.2, 0.25) is 0 Å². The summed E-state index contributed by atoms with van der Waals surface area (Å²) in [5.41, 5.74) is 1.37. The van der Waals surface area contributed by atoms with Crippen molar-refractivity contribution in [2.45, 2.75) is 38.8 Å². The average Bonchev–Trinajstić information content (AvgIpc) is 3.18. The molecule has 0 unspecified atom stereocenters. The Morgan fingerprint density at radius 3 is 2.36 bits per heavy atom. The summed E-state index contributed by atoms with van der Waals surface area (Å²) in [5.74, 6) is 0.268. The molecule has 0 spiro atoms. The molecule has 0 saturated carbocycles. The highest BCUT2D eigenvalue weighted by Crippen LogP contribution is 2.25. The minimum atomic E-state index is -0.893. The molecular weight excluding hydrogens is 352 g/mol. The predicted octanol–water partition coefficient (Wildman–Crippen LogP) is 2.77. The molecule has 0 bridgehead atoms. The standard InChI is InChI=1S/C23H28N2O3/c1-23(2,21(27)24-19(15-26)13-17-9-5-3-6-10-17)22-25-20(16-28-22)14-18-11-7-4-8-12-18/h3-12,19-20,26H,13-16H2,1-2H3,(H,24,27)/t19-,20-/m1/s1. The first-order valence-corrected chi connectivity index (χ1v) is 9.70. The van der Waals surface area contributed by atoms with Gasteiger partial charge >= 0.3 is 0 Å². The number of nitrogens with zero attached hydrogens (tertiary/aromatic N) is 1. The van der Waals surface area contributed by atoms with Crippen molar-refractivity contribution >= 4 is 11.8 Å². The van der Waals surface area contributed by atoms with E-state index in [0.29, 0.717) is 18.9 Å². The van der Waals surface area contributed by atoms with Crippen LogP contribution < -0.4 is 5.32 Å². The molecule has 1 heterocycles. The van der Waals surface area contributed by atoms with Gasteiger partial charge in [-0.25, -0.2) is 4.99 Å². The molecule has 3 rings (SSSR count). The molecule has 0 aromatic heterocycles. The molecular formula is C23H28N2O3. The molecule has 1 aliphatic rings. The van der Waals surface area contributed by atoms with Gasteiger partial charge in [0.1, 0.15) is 12.0 Å². The summed E-state index contributed by atoms with van der Waals surface area (Å²) >= 11 is 0. The number of amides is 1. The third-order valence-electron chi connectivity index (χ3n) is 5.01. The fourth-order valence-corrected chi connectivity index (χ4v) is 3.27. The summed E-state index contributed by atoms with van der Waals surface area (Å²) in [4.78, 5) is 17.6. The summed E-state index contributed by atoms with van der Waals surface area (Å²) in [6.07, 6.45) is 1.36. The van der Waals surface area contributed by atoms with Crippen molar-refractivity contribution < 1.29 is 14.6 Å².